The van der Waals surface area contributed by atoms with Crippen LogP contribution in [0.3, 0.4) is 0 Å². The predicted molar refractivity (Wildman–Crippen MR) is 62.5 cm³/mol. The summed E-state index contributed by atoms with van der Waals surface area (Å²) < 4.78 is 0. The summed E-state index contributed by atoms with van der Waals surface area (Å²) in [6.07, 6.45) is 0. The van der Waals surface area contributed by atoms with Crippen molar-refractivity contribution in [3.8, 4) is 0 Å². The van der Waals surface area contributed by atoms with E-state index in [2.05, 4.69) is 20.7 Å². The number of benzene rings is 1. The molecule has 1 aromatic rings. The second-order valence-electron chi connectivity index (χ2n) is 2.85. The van der Waals surface area contributed by atoms with E-state index in [-0.39, 0.29) is 19.1 Å². The Morgan fingerprint density at radius 2 is 2.38 bits per heavy atom. The van der Waals surface area contributed by atoms with Crippen molar-refractivity contribution < 1.29 is 4.79 Å². The lowest BCUT2D eigenvalue weighted by Crippen LogP contribution is -2.30. The fourth-order valence-electron chi connectivity index (χ4n) is 1.01. The first-order valence-electron chi connectivity index (χ1n) is 4.53. The van der Waals surface area contributed by atoms with Gasteiger partial charge in [0.15, 0.2) is 0 Å². The van der Waals surface area contributed by atoms with E-state index in [0.29, 0.717) is 10.7 Å². The quantitative estimate of drug-likeness (QED) is 0.360. The van der Waals surface area contributed by atoms with Crippen molar-refractivity contribution >= 4 is 23.3 Å². The molecule has 2 N–H and O–H groups in total. The predicted octanol–water partition coefficient (Wildman–Crippen LogP) is 2.77. The second kappa shape index (κ2) is 6.55. The van der Waals surface area contributed by atoms with Crippen molar-refractivity contribution in [2.75, 3.05) is 18.4 Å². The average Bonchev–Trinajstić information content (AvgIpc) is 2.24. The zero-order valence-corrected chi connectivity index (χ0v) is 9.11. The fraction of sp³-hybridized carbons (Fsp3) is 0.222. The third-order valence-electron chi connectivity index (χ3n) is 1.64. The number of anilines is 1. The van der Waals surface area contributed by atoms with Gasteiger partial charge in [-0.2, -0.15) is 0 Å². The van der Waals surface area contributed by atoms with Crippen molar-refractivity contribution in [2.24, 2.45) is 5.11 Å². The Morgan fingerprint density at radius 3 is 3.06 bits per heavy atom. The highest BCUT2D eigenvalue weighted by Crippen LogP contribution is 2.14. The summed E-state index contributed by atoms with van der Waals surface area (Å²) in [5, 5.41) is 8.95. The number of rotatable bonds is 4. The molecule has 0 fully saturated rings. The summed E-state index contributed by atoms with van der Waals surface area (Å²) in [6.45, 7) is 0.510. The van der Waals surface area contributed by atoms with Gasteiger partial charge in [-0.1, -0.05) is 22.8 Å². The van der Waals surface area contributed by atoms with Gasteiger partial charge in [0.1, 0.15) is 0 Å². The molecule has 0 radical (unpaired) electrons. The van der Waals surface area contributed by atoms with Gasteiger partial charge in [0.25, 0.3) is 0 Å². The summed E-state index contributed by atoms with van der Waals surface area (Å²) in [4.78, 5) is 13.9. The summed E-state index contributed by atoms with van der Waals surface area (Å²) in [5.74, 6) is 0. The zero-order chi connectivity index (χ0) is 11.8. The Kier molecular flexibility index (Phi) is 4.98. The third kappa shape index (κ3) is 4.54. The van der Waals surface area contributed by atoms with Gasteiger partial charge < -0.3 is 10.6 Å². The highest BCUT2D eigenvalue weighted by molar-refractivity contribution is 6.30. The minimum atomic E-state index is -0.365. The van der Waals surface area contributed by atoms with Gasteiger partial charge in [-0.05, 0) is 23.7 Å². The Labute approximate surface area is 97.2 Å². The maximum Gasteiger partial charge on any atom is 0.319 e. The smallest absolute Gasteiger partial charge is 0.319 e. The number of hydrogen-bond donors (Lipinski definition) is 2. The number of nitrogens with one attached hydrogen (secondary N) is 2. The largest absolute Gasteiger partial charge is 0.338 e. The first kappa shape index (κ1) is 12.2. The topological polar surface area (TPSA) is 89.9 Å². The van der Waals surface area contributed by atoms with Crippen LogP contribution in [0.15, 0.2) is 29.4 Å². The molecule has 1 aromatic carbocycles. The Bertz CT molecular complexity index is 416. The van der Waals surface area contributed by atoms with Crippen LogP contribution in [0.5, 0.6) is 0 Å². The summed E-state index contributed by atoms with van der Waals surface area (Å²) in [5.41, 5.74) is 8.62. The lowest BCUT2D eigenvalue weighted by atomic mass is 10.3. The SMILES string of the molecule is [N-]=[N+]=NCCNC(=O)Nc1cccc(Cl)c1. The van der Waals surface area contributed by atoms with E-state index in [1.54, 1.807) is 24.3 Å². The minimum absolute atomic E-state index is 0.222. The van der Waals surface area contributed by atoms with Crippen LogP contribution in [0.1, 0.15) is 0 Å². The number of carbonyl (C=O) groups excluding carboxylic acids is 1. The van der Waals surface area contributed by atoms with Gasteiger partial charge in [0.2, 0.25) is 0 Å². The molecule has 0 aromatic heterocycles. The first-order chi connectivity index (χ1) is 7.72. The lowest BCUT2D eigenvalue weighted by molar-refractivity contribution is 0.252. The molecule has 0 spiro atoms. The van der Waals surface area contributed by atoms with Crippen LogP contribution in [-0.2, 0) is 0 Å². The van der Waals surface area contributed by atoms with Gasteiger partial charge in [-0.25, -0.2) is 4.79 Å². The van der Waals surface area contributed by atoms with Crippen molar-refractivity contribution in [1.82, 2.24) is 5.32 Å². The van der Waals surface area contributed by atoms with Gasteiger partial charge >= 0.3 is 6.03 Å². The van der Waals surface area contributed by atoms with Crippen molar-refractivity contribution in [1.29, 1.82) is 0 Å². The highest BCUT2D eigenvalue weighted by Gasteiger charge is 2.00. The summed E-state index contributed by atoms with van der Waals surface area (Å²) in [6, 6.07) is 6.44. The van der Waals surface area contributed by atoms with Gasteiger partial charge in [0, 0.05) is 28.7 Å². The first-order valence-corrected chi connectivity index (χ1v) is 4.91. The monoisotopic (exact) mass is 239 g/mol. The van der Waals surface area contributed by atoms with Crippen LogP contribution in [0.4, 0.5) is 10.5 Å². The zero-order valence-electron chi connectivity index (χ0n) is 8.35. The molecule has 0 unspecified atom stereocenters. The molecule has 1 rings (SSSR count). The summed E-state index contributed by atoms with van der Waals surface area (Å²) in [7, 11) is 0. The molecule has 84 valence electrons. The maximum absolute atomic E-state index is 11.3. The second-order valence-corrected chi connectivity index (χ2v) is 3.28. The van der Waals surface area contributed by atoms with Crippen LogP contribution in [0.25, 0.3) is 10.4 Å². The number of hydrogen-bond acceptors (Lipinski definition) is 2. The van der Waals surface area contributed by atoms with Crippen molar-refractivity contribution in [3.05, 3.63) is 39.7 Å². The Hall–Kier alpha value is -1.91. The Morgan fingerprint density at radius 1 is 1.56 bits per heavy atom. The van der Waals surface area contributed by atoms with Gasteiger partial charge in [0.05, 0.1) is 0 Å². The number of urea groups is 1. The standard InChI is InChI=1S/C9H10ClN5O/c10-7-2-1-3-8(6-7)14-9(16)12-4-5-13-15-11/h1-3,6H,4-5H2,(H2,12,14,16). The molecule has 2 amide bonds. The molecule has 0 aliphatic heterocycles. The van der Waals surface area contributed by atoms with E-state index < -0.39 is 0 Å². The highest BCUT2D eigenvalue weighted by atomic mass is 35.5. The molecule has 0 saturated heterocycles. The molecule has 0 saturated carbocycles. The third-order valence-corrected chi connectivity index (χ3v) is 1.88. The van der Waals surface area contributed by atoms with Gasteiger partial charge in [-0.15, -0.1) is 0 Å². The van der Waals surface area contributed by atoms with E-state index in [0.717, 1.165) is 0 Å². The van der Waals surface area contributed by atoms with E-state index in [4.69, 9.17) is 17.1 Å². The van der Waals surface area contributed by atoms with Crippen LogP contribution in [0, 0.1) is 0 Å². The molecule has 0 aliphatic carbocycles. The number of azide groups is 1. The van der Waals surface area contributed by atoms with E-state index >= 15 is 0 Å². The Balaban J connectivity index is 2.36. The molecule has 0 aliphatic rings. The number of amides is 2. The molecular weight excluding hydrogens is 230 g/mol. The minimum Gasteiger partial charge on any atom is -0.338 e. The van der Waals surface area contributed by atoms with Crippen molar-refractivity contribution in [3.63, 3.8) is 0 Å². The fourth-order valence-corrected chi connectivity index (χ4v) is 1.20. The average molecular weight is 240 g/mol. The maximum atomic E-state index is 11.3. The van der Waals surface area contributed by atoms with E-state index in [1.807, 2.05) is 0 Å². The van der Waals surface area contributed by atoms with Gasteiger partial charge in [-0.3, -0.25) is 0 Å². The molecule has 16 heavy (non-hydrogen) atoms. The number of nitrogens with zero attached hydrogens (tertiary/aromatic N) is 3. The molecule has 0 heterocycles. The number of halogens is 1. The number of carbonyl (C=O) groups is 1. The molecule has 0 bridgehead atoms. The van der Waals surface area contributed by atoms with Crippen molar-refractivity contribution in [2.45, 2.75) is 0 Å². The van der Waals surface area contributed by atoms with E-state index in [1.165, 1.54) is 0 Å². The summed E-state index contributed by atoms with van der Waals surface area (Å²) >= 11 is 5.75. The van der Waals surface area contributed by atoms with Crippen LogP contribution >= 0.6 is 11.6 Å². The molecule has 0 atom stereocenters. The van der Waals surface area contributed by atoms with E-state index in [9.17, 15) is 4.79 Å². The molecule has 6 nitrogen and oxygen atoms in total. The lowest BCUT2D eigenvalue weighted by Gasteiger charge is -2.06. The normalized spacial score (nSPS) is 9.06. The molecular formula is C9H10ClN5O. The molecule has 7 heteroatoms. The van der Waals surface area contributed by atoms with Crippen LogP contribution < -0.4 is 10.6 Å². The van der Waals surface area contributed by atoms with Crippen LogP contribution in [-0.4, -0.2) is 19.1 Å². The van der Waals surface area contributed by atoms with Crippen LogP contribution in [0.2, 0.25) is 5.02 Å².